The fraction of sp³-hybridized carbons (Fsp3) is 0.792. The summed E-state index contributed by atoms with van der Waals surface area (Å²) in [5, 5.41) is 8.90. The third kappa shape index (κ3) is 43.8. The normalized spacial score (nSPS) is 14.2. The van der Waals surface area contributed by atoms with Gasteiger partial charge in [-0.2, -0.15) is 0 Å². The van der Waals surface area contributed by atoms with E-state index in [1.807, 2.05) is 0 Å². The van der Waals surface area contributed by atoms with Crippen molar-refractivity contribution >= 4 is 19.8 Å². The molecule has 0 aliphatic heterocycles. The van der Waals surface area contributed by atoms with Gasteiger partial charge in [0.2, 0.25) is 0 Å². The number of carbonyl (C=O) groups excluding carboxylic acids is 1. The molecule has 0 aliphatic rings. The van der Waals surface area contributed by atoms with Crippen LogP contribution in [0, 0.1) is 0 Å². The number of allylic oxidation sites excluding steroid dienone is 8. The number of carbonyl (C=O) groups is 2. The number of aliphatic carboxylic acids is 1. The number of rotatable bonds is 45. The van der Waals surface area contributed by atoms with Crippen LogP contribution in [0.2, 0.25) is 0 Å². The van der Waals surface area contributed by atoms with Crippen molar-refractivity contribution in [3.05, 3.63) is 48.6 Å². The monoisotopic (exact) mass is 854 g/mol. The number of ether oxygens (including phenoxy) is 2. The molecule has 0 heterocycles. The molecular weight excluding hydrogens is 766 g/mol. The number of phosphoric acid groups is 1. The zero-order chi connectivity index (χ0) is 43.3. The van der Waals surface area contributed by atoms with Crippen LogP contribution in [0.5, 0.6) is 0 Å². The number of carboxylic acids is 1. The second-order valence-corrected chi connectivity index (χ2v) is 17.3. The van der Waals surface area contributed by atoms with Crippen molar-refractivity contribution in [1.82, 2.24) is 0 Å². The van der Waals surface area contributed by atoms with Gasteiger partial charge in [-0.25, -0.2) is 4.57 Å². The van der Waals surface area contributed by atoms with Crippen molar-refractivity contribution in [3.8, 4) is 0 Å². The number of nitrogens with two attached hydrogens (primary N) is 1. The van der Waals surface area contributed by atoms with Crippen molar-refractivity contribution in [3.63, 3.8) is 0 Å². The van der Waals surface area contributed by atoms with Crippen molar-refractivity contribution in [2.75, 3.05) is 26.4 Å². The molecule has 0 spiro atoms. The molecule has 0 rings (SSSR count). The van der Waals surface area contributed by atoms with Gasteiger partial charge in [0.15, 0.2) is 0 Å². The van der Waals surface area contributed by atoms with Crippen LogP contribution in [0.25, 0.3) is 0 Å². The molecule has 0 aromatic heterocycles. The number of hydrogen-bond donors (Lipinski definition) is 3. The summed E-state index contributed by atoms with van der Waals surface area (Å²) in [7, 11) is -4.62. The summed E-state index contributed by atoms with van der Waals surface area (Å²) in [5.74, 6) is -1.79. The van der Waals surface area contributed by atoms with E-state index in [1.165, 1.54) is 103 Å². The van der Waals surface area contributed by atoms with E-state index in [4.69, 9.17) is 29.4 Å². The molecule has 0 saturated carbocycles. The predicted molar refractivity (Wildman–Crippen MR) is 244 cm³/mol. The highest BCUT2D eigenvalue weighted by Crippen LogP contribution is 2.43. The number of carboxylic acid groups (broad SMARTS) is 1. The van der Waals surface area contributed by atoms with E-state index in [-0.39, 0.29) is 13.0 Å². The van der Waals surface area contributed by atoms with Crippen LogP contribution >= 0.6 is 7.82 Å². The second-order valence-electron chi connectivity index (χ2n) is 15.9. The average Bonchev–Trinajstić information content (AvgIpc) is 3.21. The Morgan fingerprint density at radius 1 is 0.542 bits per heavy atom. The standard InChI is InChI=1S/C48H88NO9P/c1-3-5-7-9-11-13-15-17-18-19-20-21-22-23-24-25-26-27-29-31-33-35-37-39-41-55-42-45(43-56-59(53,54)57-44-46(49)48(51)52)58-47(50)40-38-36-34-32-30-28-16-14-12-10-8-6-4-2/h14-17,19-20,22-23,45-46H,3-13,18,21,24-44,49H2,1-2H3,(H,51,52)(H,53,54)/b16-14-,17-15-,20-19-,23-22-. The Hall–Kier alpha value is -2.07. The highest BCUT2D eigenvalue weighted by molar-refractivity contribution is 7.47. The number of esters is 1. The number of unbranched alkanes of at least 4 members (excludes halogenated alkanes) is 23. The summed E-state index contributed by atoms with van der Waals surface area (Å²) in [6, 6.07) is -1.48. The van der Waals surface area contributed by atoms with E-state index in [2.05, 4.69) is 62.5 Å². The van der Waals surface area contributed by atoms with Crippen LogP contribution in [-0.4, -0.2) is 60.5 Å². The van der Waals surface area contributed by atoms with Crippen LogP contribution in [-0.2, 0) is 32.7 Å². The summed E-state index contributed by atoms with van der Waals surface area (Å²) >= 11 is 0. The molecule has 344 valence electrons. The topological polar surface area (TPSA) is 155 Å². The van der Waals surface area contributed by atoms with E-state index >= 15 is 0 Å². The Labute approximate surface area is 360 Å². The molecule has 0 bridgehead atoms. The van der Waals surface area contributed by atoms with Crippen LogP contribution in [0.4, 0.5) is 0 Å². The highest BCUT2D eigenvalue weighted by atomic mass is 31.2. The lowest BCUT2D eigenvalue weighted by atomic mass is 10.1. The molecule has 59 heavy (non-hydrogen) atoms. The Morgan fingerprint density at radius 2 is 0.932 bits per heavy atom. The van der Waals surface area contributed by atoms with Crippen LogP contribution < -0.4 is 5.73 Å². The fourth-order valence-electron chi connectivity index (χ4n) is 6.37. The summed E-state index contributed by atoms with van der Waals surface area (Å²) in [4.78, 5) is 33.5. The number of phosphoric ester groups is 1. The molecular formula is C48H88NO9P. The summed E-state index contributed by atoms with van der Waals surface area (Å²) in [5.41, 5.74) is 5.36. The maximum Gasteiger partial charge on any atom is 0.472 e. The van der Waals surface area contributed by atoms with Crippen molar-refractivity contribution in [2.24, 2.45) is 5.73 Å². The van der Waals surface area contributed by atoms with Crippen molar-refractivity contribution < 1.29 is 42.7 Å². The van der Waals surface area contributed by atoms with E-state index in [1.54, 1.807) is 0 Å². The van der Waals surface area contributed by atoms with E-state index in [9.17, 15) is 19.0 Å². The van der Waals surface area contributed by atoms with Gasteiger partial charge in [-0.3, -0.25) is 18.6 Å². The Balaban J connectivity index is 4.15. The average molecular weight is 854 g/mol. The lowest BCUT2D eigenvalue weighted by molar-refractivity contribution is -0.154. The van der Waals surface area contributed by atoms with Crippen LogP contribution in [0.15, 0.2) is 48.6 Å². The highest BCUT2D eigenvalue weighted by Gasteiger charge is 2.27. The van der Waals surface area contributed by atoms with Gasteiger partial charge in [-0.05, 0) is 77.0 Å². The first kappa shape index (κ1) is 56.9. The minimum atomic E-state index is -4.62. The minimum absolute atomic E-state index is 0.00927. The maximum atomic E-state index is 12.6. The first-order chi connectivity index (χ1) is 28.7. The first-order valence-electron chi connectivity index (χ1n) is 23.7. The second kappa shape index (κ2) is 44.0. The van der Waals surface area contributed by atoms with Gasteiger partial charge in [0, 0.05) is 13.0 Å². The summed E-state index contributed by atoms with van der Waals surface area (Å²) in [6.07, 6.45) is 51.7. The molecule has 11 heteroatoms. The van der Waals surface area contributed by atoms with E-state index in [0.717, 1.165) is 77.0 Å². The molecule has 0 radical (unpaired) electrons. The van der Waals surface area contributed by atoms with Crippen molar-refractivity contribution in [1.29, 1.82) is 0 Å². The molecule has 3 unspecified atom stereocenters. The Kier molecular flexibility index (Phi) is 42.5. The zero-order valence-corrected chi connectivity index (χ0v) is 38.5. The van der Waals surface area contributed by atoms with Gasteiger partial charge in [0.1, 0.15) is 12.1 Å². The van der Waals surface area contributed by atoms with Gasteiger partial charge in [0.25, 0.3) is 0 Å². The van der Waals surface area contributed by atoms with Crippen LogP contribution in [0.1, 0.15) is 206 Å². The predicted octanol–water partition coefficient (Wildman–Crippen LogP) is 13.4. The smallest absolute Gasteiger partial charge is 0.472 e. The zero-order valence-electron chi connectivity index (χ0n) is 37.6. The Morgan fingerprint density at radius 3 is 1.42 bits per heavy atom. The van der Waals surface area contributed by atoms with Gasteiger partial charge in [-0.15, -0.1) is 0 Å². The molecule has 0 aromatic rings. The molecule has 0 aliphatic carbocycles. The molecule has 3 atom stereocenters. The molecule has 0 amide bonds. The number of hydrogen-bond acceptors (Lipinski definition) is 8. The summed E-state index contributed by atoms with van der Waals surface area (Å²) in [6.45, 7) is 3.84. The molecule has 0 saturated heterocycles. The molecule has 0 fully saturated rings. The fourth-order valence-corrected chi connectivity index (χ4v) is 7.15. The van der Waals surface area contributed by atoms with Gasteiger partial charge in [0.05, 0.1) is 19.8 Å². The molecule has 0 aromatic carbocycles. The Bertz CT molecular complexity index is 1130. The van der Waals surface area contributed by atoms with Gasteiger partial charge >= 0.3 is 19.8 Å². The third-order valence-corrected chi connectivity index (χ3v) is 11.0. The van der Waals surface area contributed by atoms with E-state index < -0.39 is 45.1 Å². The quantitative estimate of drug-likeness (QED) is 0.0233. The van der Waals surface area contributed by atoms with Gasteiger partial charge < -0.3 is 25.2 Å². The maximum absolute atomic E-state index is 12.6. The molecule has 4 N–H and O–H groups in total. The summed E-state index contributed by atoms with van der Waals surface area (Å²) < 4.78 is 33.4. The lowest BCUT2D eigenvalue weighted by Crippen LogP contribution is -2.34. The van der Waals surface area contributed by atoms with E-state index in [0.29, 0.717) is 13.0 Å². The third-order valence-electron chi connectivity index (χ3n) is 10.1. The largest absolute Gasteiger partial charge is 0.480 e. The molecule has 10 nitrogen and oxygen atoms in total. The van der Waals surface area contributed by atoms with Crippen molar-refractivity contribution in [2.45, 2.75) is 219 Å². The minimum Gasteiger partial charge on any atom is -0.480 e. The first-order valence-corrected chi connectivity index (χ1v) is 25.2. The van der Waals surface area contributed by atoms with Gasteiger partial charge in [-0.1, -0.05) is 172 Å². The SMILES string of the molecule is CCCCCC/C=C\CCCCCCCC(=O)OC(COCCCCCCCCCCC/C=C\C/C=C\C/C=C\CCCCCCC)COP(=O)(O)OCC(N)C(=O)O. The lowest BCUT2D eigenvalue weighted by Gasteiger charge is -2.20. The van der Waals surface area contributed by atoms with Crippen LogP contribution in [0.3, 0.4) is 0 Å².